The number of hydrogen-bond acceptors (Lipinski definition) is 6. The first kappa shape index (κ1) is 20.1. The van der Waals surface area contributed by atoms with Crippen LogP contribution in [-0.4, -0.2) is 66.7 Å². The molecular formula is C23H24N2O5. The Balaban J connectivity index is 1.78. The van der Waals surface area contributed by atoms with Crippen LogP contribution in [0.1, 0.15) is 17.2 Å². The summed E-state index contributed by atoms with van der Waals surface area (Å²) in [5, 5.41) is 11.0. The van der Waals surface area contributed by atoms with Gasteiger partial charge in [0.2, 0.25) is 0 Å². The predicted molar refractivity (Wildman–Crippen MR) is 111 cm³/mol. The summed E-state index contributed by atoms with van der Waals surface area (Å²) in [5.74, 6) is -0.781. The normalized spacial score (nSPS) is 21.8. The molecule has 2 aromatic carbocycles. The third-order valence-electron chi connectivity index (χ3n) is 5.47. The number of aliphatic hydroxyl groups excluding tert-OH is 1. The standard InChI is InChI=1S/C23H24N2O5/c1-29-18-9-7-16(8-10-18)20-19(21(26)17-5-3-2-4-6-17)22(27)23(28)25(20)15-24-11-13-30-14-12-24/h2-10,20,26H,11-15H2,1H3/b21-19+. The zero-order valence-corrected chi connectivity index (χ0v) is 16.8. The first-order chi connectivity index (χ1) is 14.6. The van der Waals surface area contributed by atoms with Crippen molar-refractivity contribution < 1.29 is 24.2 Å². The van der Waals surface area contributed by atoms with Crippen LogP contribution in [0.4, 0.5) is 0 Å². The quantitative estimate of drug-likeness (QED) is 0.465. The maximum atomic E-state index is 13.0. The number of rotatable bonds is 5. The molecule has 7 nitrogen and oxygen atoms in total. The molecule has 7 heteroatoms. The lowest BCUT2D eigenvalue weighted by molar-refractivity contribution is -0.141. The molecule has 4 rings (SSSR count). The van der Waals surface area contributed by atoms with E-state index in [4.69, 9.17) is 9.47 Å². The Bertz CT molecular complexity index is 949. The Labute approximate surface area is 175 Å². The Kier molecular flexibility index (Phi) is 5.83. The van der Waals surface area contributed by atoms with Gasteiger partial charge in [0.25, 0.3) is 11.7 Å². The van der Waals surface area contributed by atoms with Gasteiger partial charge in [-0.3, -0.25) is 14.5 Å². The summed E-state index contributed by atoms with van der Waals surface area (Å²) >= 11 is 0. The van der Waals surface area contributed by atoms with Gasteiger partial charge in [0, 0.05) is 18.7 Å². The van der Waals surface area contributed by atoms with Crippen LogP contribution < -0.4 is 4.74 Å². The van der Waals surface area contributed by atoms with Crippen molar-refractivity contribution in [2.45, 2.75) is 6.04 Å². The molecule has 2 aliphatic heterocycles. The minimum atomic E-state index is -0.682. The number of nitrogens with zero attached hydrogens (tertiary/aromatic N) is 2. The maximum absolute atomic E-state index is 13.0. The van der Waals surface area contributed by atoms with Crippen molar-refractivity contribution in [3.63, 3.8) is 0 Å². The summed E-state index contributed by atoms with van der Waals surface area (Å²) in [4.78, 5) is 29.6. The largest absolute Gasteiger partial charge is 0.507 e. The fourth-order valence-corrected chi connectivity index (χ4v) is 3.87. The fourth-order valence-electron chi connectivity index (χ4n) is 3.87. The molecule has 2 fully saturated rings. The molecule has 2 heterocycles. The van der Waals surface area contributed by atoms with Crippen LogP contribution in [0.5, 0.6) is 5.75 Å². The molecule has 0 spiro atoms. The number of ketones is 1. The number of amides is 1. The van der Waals surface area contributed by atoms with Crippen molar-refractivity contribution in [2.24, 2.45) is 0 Å². The second-order valence-electron chi connectivity index (χ2n) is 7.28. The van der Waals surface area contributed by atoms with E-state index >= 15 is 0 Å². The Morgan fingerprint density at radius 3 is 2.37 bits per heavy atom. The minimum absolute atomic E-state index is 0.102. The zero-order chi connectivity index (χ0) is 21.1. The van der Waals surface area contributed by atoms with Crippen molar-refractivity contribution in [2.75, 3.05) is 40.1 Å². The number of Topliss-reactive ketones (excluding diaryl/α,β-unsaturated/α-hetero) is 1. The number of hydrogen-bond donors (Lipinski definition) is 1. The van der Waals surface area contributed by atoms with Crippen molar-refractivity contribution in [3.8, 4) is 5.75 Å². The Morgan fingerprint density at radius 2 is 1.73 bits per heavy atom. The van der Waals surface area contributed by atoms with Gasteiger partial charge in [0.15, 0.2) is 0 Å². The van der Waals surface area contributed by atoms with E-state index in [-0.39, 0.29) is 18.0 Å². The third kappa shape index (κ3) is 3.81. The van der Waals surface area contributed by atoms with Crippen LogP contribution in [0, 0.1) is 0 Å². The number of ether oxygens (including phenoxy) is 2. The second-order valence-corrected chi connectivity index (χ2v) is 7.28. The van der Waals surface area contributed by atoms with Crippen LogP contribution in [0.25, 0.3) is 5.76 Å². The van der Waals surface area contributed by atoms with Crippen molar-refractivity contribution in [3.05, 3.63) is 71.3 Å². The first-order valence-corrected chi connectivity index (χ1v) is 9.88. The molecule has 2 aromatic rings. The molecule has 0 bridgehead atoms. The van der Waals surface area contributed by atoms with Gasteiger partial charge < -0.3 is 19.5 Å². The summed E-state index contributed by atoms with van der Waals surface area (Å²) in [6.07, 6.45) is 0. The van der Waals surface area contributed by atoms with E-state index in [2.05, 4.69) is 4.90 Å². The van der Waals surface area contributed by atoms with Crippen LogP contribution in [0.3, 0.4) is 0 Å². The summed E-state index contributed by atoms with van der Waals surface area (Å²) in [6.45, 7) is 2.81. The van der Waals surface area contributed by atoms with Gasteiger partial charge in [-0.1, -0.05) is 42.5 Å². The van der Waals surface area contributed by atoms with Gasteiger partial charge in [0.05, 0.1) is 38.6 Å². The molecule has 0 saturated carbocycles. The van der Waals surface area contributed by atoms with E-state index in [1.807, 2.05) is 18.2 Å². The van der Waals surface area contributed by atoms with Crippen LogP contribution >= 0.6 is 0 Å². The highest BCUT2D eigenvalue weighted by molar-refractivity contribution is 6.46. The van der Waals surface area contributed by atoms with Crippen LogP contribution in [0.15, 0.2) is 60.2 Å². The predicted octanol–water partition coefficient (Wildman–Crippen LogP) is 2.41. The van der Waals surface area contributed by atoms with Gasteiger partial charge in [-0.15, -0.1) is 0 Å². The highest BCUT2D eigenvalue weighted by atomic mass is 16.5. The molecular weight excluding hydrogens is 384 g/mol. The zero-order valence-electron chi connectivity index (χ0n) is 16.8. The lowest BCUT2D eigenvalue weighted by Gasteiger charge is -2.33. The molecule has 0 aromatic heterocycles. The van der Waals surface area contributed by atoms with Gasteiger partial charge in [-0.2, -0.15) is 0 Å². The lowest BCUT2D eigenvalue weighted by Crippen LogP contribution is -2.45. The van der Waals surface area contributed by atoms with E-state index in [1.165, 1.54) is 4.90 Å². The third-order valence-corrected chi connectivity index (χ3v) is 5.47. The number of carbonyl (C=O) groups excluding carboxylic acids is 2. The molecule has 1 amide bonds. The summed E-state index contributed by atoms with van der Waals surface area (Å²) < 4.78 is 10.6. The molecule has 30 heavy (non-hydrogen) atoms. The molecule has 2 saturated heterocycles. The first-order valence-electron chi connectivity index (χ1n) is 9.88. The van der Waals surface area contributed by atoms with Crippen LogP contribution in [0.2, 0.25) is 0 Å². The maximum Gasteiger partial charge on any atom is 0.296 e. The van der Waals surface area contributed by atoms with E-state index in [1.54, 1.807) is 43.5 Å². The van der Waals surface area contributed by atoms with Gasteiger partial charge in [-0.25, -0.2) is 0 Å². The summed E-state index contributed by atoms with van der Waals surface area (Å²) in [5.41, 5.74) is 1.34. The topological polar surface area (TPSA) is 79.3 Å². The molecule has 0 radical (unpaired) electrons. The van der Waals surface area contributed by atoms with Crippen molar-refractivity contribution in [1.82, 2.24) is 9.80 Å². The van der Waals surface area contributed by atoms with Gasteiger partial charge >= 0.3 is 0 Å². The molecule has 1 atom stereocenters. The number of likely N-dealkylation sites (tertiary alicyclic amines) is 1. The average Bonchev–Trinajstić information content (AvgIpc) is 3.05. The number of aliphatic hydroxyl groups is 1. The monoisotopic (exact) mass is 408 g/mol. The molecule has 156 valence electrons. The number of morpholine rings is 1. The Morgan fingerprint density at radius 1 is 1.07 bits per heavy atom. The second kappa shape index (κ2) is 8.69. The highest BCUT2D eigenvalue weighted by Crippen LogP contribution is 2.39. The van der Waals surface area contributed by atoms with E-state index < -0.39 is 17.7 Å². The Hall–Kier alpha value is -3.16. The molecule has 2 aliphatic rings. The van der Waals surface area contributed by atoms with Crippen molar-refractivity contribution in [1.29, 1.82) is 0 Å². The molecule has 0 aliphatic carbocycles. The summed E-state index contributed by atoms with van der Waals surface area (Å²) in [7, 11) is 1.58. The fraction of sp³-hybridized carbons (Fsp3) is 0.304. The van der Waals surface area contributed by atoms with Crippen molar-refractivity contribution >= 4 is 17.4 Å². The van der Waals surface area contributed by atoms with E-state index in [9.17, 15) is 14.7 Å². The molecule has 1 unspecified atom stereocenters. The van der Waals surface area contributed by atoms with Gasteiger partial charge in [0.1, 0.15) is 11.5 Å². The molecule has 1 N–H and O–H groups in total. The van der Waals surface area contributed by atoms with Crippen LogP contribution in [-0.2, 0) is 14.3 Å². The summed E-state index contributed by atoms with van der Waals surface area (Å²) in [6, 6.07) is 15.3. The van der Waals surface area contributed by atoms with Gasteiger partial charge in [-0.05, 0) is 17.7 Å². The average molecular weight is 408 g/mol. The number of methoxy groups -OCH3 is 1. The van der Waals surface area contributed by atoms with E-state index in [0.717, 1.165) is 5.56 Å². The SMILES string of the molecule is COc1ccc(C2/C(=C(\O)c3ccccc3)C(=O)C(=O)N2CN2CCOCC2)cc1. The number of carbonyl (C=O) groups is 2. The number of benzene rings is 2. The van der Waals surface area contributed by atoms with E-state index in [0.29, 0.717) is 37.6 Å². The lowest BCUT2D eigenvalue weighted by atomic mass is 9.95. The highest BCUT2D eigenvalue weighted by Gasteiger charge is 2.46. The smallest absolute Gasteiger partial charge is 0.296 e. The minimum Gasteiger partial charge on any atom is -0.507 e.